The van der Waals surface area contributed by atoms with Crippen LogP contribution in [0.15, 0.2) is 103 Å². The van der Waals surface area contributed by atoms with Crippen LogP contribution in [-0.4, -0.2) is 5.54 Å². The Morgan fingerprint density at radius 2 is 1.46 bits per heavy atom. The summed E-state index contributed by atoms with van der Waals surface area (Å²) in [7, 11) is 0. The molecule has 8 rings (SSSR count). The first-order valence-corrected chi connectivity index (χ1v) is 12.9. The molecule has 1 aliphatic heterocycles. The van der Waals surface area contributed by atoms with E-state index in [0.717, 1.165) is 0 Å². The third-order valence-electron chi connectivity index (χ3n) is 8.94. The van der Waals surface area contributed by atoms with Crippen molar-refractivity contribution in [3.05, 3.63) is 109 Å². The van der Waals surface area contributed by atoms with E-state index >= 15 is 0 Å². The number of anilines is 2. The van der Waals surface area contributed by atoms with E-state index in [1.807, 2.05) is 0 Å². The molecule has 2 unspecified atom stereocenters. The second kappa shape index (κ2) is 6.86. The van der Waals surface area contributed by atoms with Crippen molar-refractivity contribution in [1.82, 2.24) is 0 Å². The molecule has 168 valence electrons. The van der Waals surface area contributed by atoms with Crippen molar-refractivity contribution < 1.29 is 0 Å². The number of nitrogens with zero attached hydrogens (tertiary/aromatic N) is 1. The maximum Gasteiger partial charge on any atom is 0.0492 e. The van der Waals surface area contributed by atoms with Gasteiger partial charge in [-0.05, 0) is 93.0 Å². The smallest absolute Gasteiger partial charge is 0.0492 e. The number of hydrogen-bond donors (Lipinski definition) is 0. The van der Waals surface area contributed by atoms with Gasteiger partial charge < -0.3 is 4.90 Å². The maximum atomic E-state index is 2.63. The summed E-state index contributed by atoms with van der Waals surface area (Å²) in [6, 6.07) is 38.7. The fraction of sp³-hybridized carbons (Fsp3) is 0.176. The van der Waals surface area contributed by atoms with E-state index < -0.39 is 0 Å². The average molecular weight is 450 g/mol. The van der Waals surface area contributed by atoms with E-state index in [0.29, 0.717) is 5.92 Å². The summed E-state index contributed by atoms with van der Waals surface area (Å²) in [5.41, 5.74) is 7.07. The Kier molecular flexibility index (Phi) is 3.81. The van der Waals surface area contributed by atoms with Crippen LogP contribution in [-0.2, 0) is 0 Å². The summed E-state index contributed by atoms with van der Waals surface area (Å²) >= 11 is 0. The molecule has 1 aliphatic carbocycles. The van der Waals surface area contributed by atoms with E-state index in [9.17, 15) is 0 Å². The van der Waals surface area contributed by atoms with Gasteiger partial charge in [-0.15, -0.1) is 0 Å². The molecule has 0 spiro atoms. The molecule has 0 amide bonds. The fourth-order valence-corrected chi connectivity index (χ4v) is 7.39. The van der Waals surface area contributed by atoms with Crippen LogP contribution >= 0.6 is 0 Å². The predicted molar refractivity (Wildman–Crippen MR) is 149 cm³/mol. The molecule has 0 aromatic heterocycles. The molecule has 0 N–H and O–H groups in total. The molecule has 1 heterocycles. The summed E-state index contributed by atoms with van der Waals surface area (Å²) < 4.78 is 0. The van der Waals surface area contributed by atoms with Crippen LogP contribution in [0, 0.1) is 0 Å². The predicted octanol–water partition coefficient (Wildman–Crippen LogP) is 9.43. The van der Waals surface area contributed by atoms with Gasteiger partial charge in [0, 0.05) is 22.8 Å². The minimum absolute atomic E-state index is 0.158. The highest BCUT2D eigenvalue weighted by atomic mass is 15.2. The number of para-hydroxylation sites is 1. The van der Waals surface area contributed by atoms with Crippen molar-refractivity contribution in [3.8, 4) is 11.1 Å². The SMILES string of the molecule is CC12CCCC1c1cc(-c3ccc4ccc5cccc6ccc3c4c56)ccc1N2c1ccccc1. The normalized spacial score (nSPS) is 21.3. The Labute approximate surface area is 206 Å². The van der Waals surface area contributed by atoms with Crippen molar-refractivity contribution in [2.45, 2.75) is 37.6 Å². The Morgan fingerprint density at radius 3 is 2.29 bits per heavy atom. The highest BCUT2D eigenvalue weighted by Gasteiger charge is 2.51. The summed E-state index contributed by atoms with van der Waals surface area (Å²) in [5.74, 6) is 0.581. The van der Waals surface area contributed by atoms with E-state index in [4.69, 9.17) is 0 Å². The highest BCUT2D eigenvalue weighted by Crippen LogP contribution is 2.59. The quantitative estimate of drug-likeness (QED) is 0.238. The topological polar surface area (TPSA) is 3.24 Å². The van der Waals surface area contributed by atoms with Gasteiger partial charge >= 0.3 is 0 Å². The molecule has 1 fully saturated rings. The van der Waals surface area contributed by atoms with E-state index in [1.54, 1.807) is 0 Å². The molecule has 6 aromatic carbocycles. The van der Waals surface area contributed by atoms with Crippen LogP contribution in [0.4, 0.5) is 11.4 Å². The molecule has 0 radical (unpaired) electrons. The molecule has 1 heteroatoms. The fourth-order valence-electron chi connectivity index (χ4n) is 7.39. The van der Waals surface area contributed by atoms with Crippen LogP contribution in [0.2, 0.25) is 0 Å². The van der Waals surface area contributed by atoms with E-state index in [2.05, 4.69) is 115 Å². The van der Waals surface area contributed by atoms with Gasteiger partial charge in [-0.2, -0.15) is 0 Å². The first kappa shape index (κ1) is 19.5. The highest BCUT2D eigenvalue weighted by molar-refractivity contribution is 6.25. The summed E-state index contributed by atoms with van der Waals surface area (Å²) in [4.78, 5) is 2.63. The lowest BCUT2D eigenvalue weighted by atomic mass is 9.85. The second-order valence-electron chi connectivity index (χ2n) is 10.7. The minimum atomic E-state index is 0.158. The van der Waals surface area contributed by atoms with Gasteiger partial charge in [0.15, 0.2) is 0 Å². The van der Waals surface area contributed by atoms with Gasteiger partial charge in [-0.3, -0.25) is 0 Å². The van der Waals surface area contributed by atoms with E-state index in [1.165, 1.54) is 79.6 Å². The molecular formula is C34H27N. The molecular weight excluding hydrogens is 422 g/mol. The molecule has 2 aliphatic rings. The molecule has 0 saturated heterocycles. The molecule has 0 bridgehead atoms. The number of rotatable bonds is 2. The Morgan fingerprint density at radius 1 is 0.714 bits per heavy atom. The van der Waals surface area contributed by atoms with Crippen molar-refractivity contribution in [2.75, 3.05) is 4.90 Å². The Balaban J connectivity index is 1.36. The summed E-state index contributed by atoms with van der Waals surface area (Å²) in [6.45, 7) is 2.48. The third kappa shape index (κ3) is 2.53. The lowest BCUT2D eigenvalue weighted by molar-refractivity contribution is 0.451. The van der Waals surface area contributed by atoms with Gasteiger partial charge in [0.1, 0.15) is 0 Å². The molecule has 2 atom stereocenters. The second-order valence-corrected chi connectivity index (χ2v) is 10.7. The number of fused-ring (bicyclic) bond motifs is 3. The molecule has 6 aromatic rings. The lowest BCUT2D eigenvalue weighted by Gasteiger charge is -2.37. The third-order valence-corrected chi connectivity index (χ3v) is 8.94. The zero-order valence-electron chi connectivity index (χ0n) is 20.0. The first-order valence-electron chi connectivity index (χ1n) is 12.9. The molecule has 35 heavy (non-hydrogen) atoms. The zero-order valence-corrected chi connectivity index (χ0v) is 20.0. The van der Waals surface area contributed by atoms with Crippen LogP contribution < -0.4 is 4.90 Å². The number of benzene rings is 6. The van der Waals surface area contributed by atoms with Crippen molar-refractivity contribution in [1.29, 1.82) is 0 Å². The van der Waals surface area contributed by atoms with Gasteiger partial charge in [0.25, 0.3) is 0 Å². The first-order chi connectivity index (χ1) is 17.2. The van der Waals surface area contributed by atoms with Crippen LogP contribution in [0.1, 0.15) is 37.7 Å². The van der Waals surface area contributed by atoms with Crippen molar-refractivity contribution in [3.63, 3.8) is 0 Å². The monoisotopic (exact) mass is 449 g/mol. The zero-order chi connectivity index (χ0) is 23.1. The van der Waals surface area contributed by atoms with Gasteiger partial charge in [-0.25, -0.2) is 0 Å². The van der Waals surface area contributed by atoms with E-state index in [-0.39, 0.29) is 5.54 Å². The molecule has 1 saturated carbocycles. The van der Waals surface area contributed by atoms with Crippen molar-refractivity contribution in [2.24, 2.45) is 0 Å². The van der Waals surface area contributed by atoms with Crippen LogP contribution in [0.3, 0.4) is 0 Å². The lowest BCUT2D eigenvalue weighted by Crippen LogP contribution is -2.40. The molecule has 1 nitrogen and oxygen atoms in total. The standard InChI is InChI=1S/C34H27N/c1-34-20-6-11-30(34)29-21-25(16-19-31(29)35(34)26-9-3-2-4-10-26)27-17-14-24-13-12-22-7-5-8-23-15-18-28(27)33(24)32(22)23/h2-5,7-10,12-19,21,30H,6,11,20H2,1H3. The minimum Gasteiger partial charge on any atom is -0.335 e. The van der Waals surface area contributed by atoms with Gasteiger partial charge in [0.05, 0.1) is 0 Å². The summed E-state index contributed by atoms with van der Waals surface area (Å²) in [6.07, 6.45) is 3.82. The average Bonchev–Trinajstić information content (AvgIpc) is 3.40. The van der Waals surface area contributed by atoms with Gasteiger partial charge in [0.2, 0.25) is 0 Å². The Bertz CT molecular complexity index is 1730. The summed E-state index contributed by atoms with van der Waals surface area (Å²) in [5, 5.41) is 8.13. The maximum absolute atomic E-state index is 2.63. The van der Waals surface area contributed by atoms with Crippen LogP contribution in [0.25, 0.3) is 43.4 Å². The van der Waals surface area contributed by atoms with Crippen molar-refractivity contribution >= 4 is 43.7 Å². The number of hydrogen-bond acceptors (Lipinski definition) is 1. The largest absolute Gasteiger partial charge is 0.335 e. The van der Waals surface area contributed by atoms with Gasteiger partial charge in [-0.1, -0.05) is 85.3 Å². The Hall–Kier alpha value is -3.84. The van der Waals surface area contributed by atoms with Crippen LogP contribution in [0.5, 0.6) is 0 Å².